The number of aliphatic hydroxyl groups excluding tert-OH is 1. The second-order valence-electron chi connectivity index (χ2n) is 5.23. The molecule has 2 N–H and O–H groups in total. The van der Waals surface area contributed by atoms with Crippen LogP contribution in [0.25, 0.3) is 0 Å². The minimum absolute atomic E-state index is 0.397. The molecule has 4 nitrogen and oxygen atoms in total. The van der Waals surface area contributed by atoms with Crippen LogP contribution in [0.15, 0.2) is 24.3 Å². The molecule has 0 radical (unpaired) electrons. The SMILES string of the molecule is COc1ccc(C(F)(F)C(=O)NC2CCCCC2O)cc1. The third kappa shape index (κ3) is 3.50. The molecule has 21 heavy (non-hydrogen) atoms. The van der Waals surface area contributed by atoms with Crippen molar-refractivity contribution in [3.8, 4) is 5.75 Å². The molecule has 6 heteroatoms. The molecule has 0 aliphatic heterocycles. The van der Waals surface area contributed by atoms with Crippen LogP contribution in [-0.2, 0) is 10.7 Å². The maximum Gasteiger partial charge on any atom is 0.349 e. The average molecular weight is 299 g/mol. The first-order chi connectivity index (χ1) is 9.95. The highest BCUT2D eigenvalue weighted by Crippen LogP contribution is 2.30. The van der Waals surface area contributed by atoms with Crippen LogP contribution < -0.4 is 10.1 Å². The van der Waals surface area contributed by atoms with E-state index < -0.39 is 29.5 Å². The summed E-state index contributed by atoms with van der Waals surface area (Å²) in [4.78, 5) is 11.8. The standard InChI is InChI=1S/C15H19F2NO3/c1-21-11-8-6-10(7-9-11)15(16,17)14(20)18-12-4-2-3-5-13(12)19/h6-9,12-13,19H,2-5H2,1H3,(H,18,20). The molecule has 0 saturated heterocycles. The van der Waals surface area contributed by atoms with E-state index in [1.54, 1.807) is 0 Å². The summed E-state index contributed by atoms with van der Waals surface area (Å²) in [5.41, 5.74) is -0.397. The minimum Gasteiger partial charge on any atom is -0.497 e. The minimum atomic E-state index is -3.64. The number of ether oxygens (including phenoxy) is 1. The fourth-order valence-electron chi connectivity index (χ4n) is 2.47. The Balaban J connectivity index is 2.08. The number of alkyl halides is 2. The number of carbonyl (C=O) groups is 1. The van der Waals surface area contributed by atoms with Crippen molar-refractivity contribution in [3.05, 3.63) is 29.8 Å². The van der Waals surface area contributed by atoms with Gasteiger partial charge in [0, 0.05) is 5.56 Å². The number of carbonyl (C=O) groups excluding carboxylic acids is 1. The van der Waals surface area contributed by atoms with Crippen LogP contribution in [0, 0.1) is 0 Å². The fourth-order valence-corrected chi connectivity index (χ4v) is 2.47. The van der Waals surface area contributed by atoms with Crippen molar-refractivity contribution < 1.29 is 23.4 Å². The number of nitrogens with one attached hydrogen (secondary N) is 1. The van der Waals surface area contributed by atoms with Crippen molar-refractivity contribution in [2.24, 2.45) is 0 Å². The summed E-state index contributed by atoms with van der Waals surface area (Å²) in [5, 5.41) is 12.0. The van der Waals surface area contributed by atoms with Crippen molar-refractivity contribution >= 4 is 5.91 Å². The van der Waals surface area contributed by atoms with E-state index in [0.29, 0.717) is 18.6 Å². The topological polar surface area (TPSA) is 58.6 Å². The van der Waals surface area contributed by atoms with E-state index in [1.165, 1.54) is 19.2 Å². The van der Waals surface area contributed by atoms with Gasteiger partial charge in [-0.05, 0) is 37.1 Å². The number of hydrogen-bond acceptors (Lipinski definition) is 3. The third-order valence-corrected chi connectivity index (χ3v) is 3.78. The summed E-state index contributed by atoms with van der Waals surface area (Å²) < 4.78 is 33.2. The summed E-state index contributed by atoms with van der Waals surface area (Å²) in [5.74, 6) is -4.57. The Morgan fingerprint density at radius 2 is 1.90 bits per heavy atom. The van der Waals surface area contributed by atoms with Gasteiger partial charge in [0.15, 0.2) is 0 Å². The molecule has 0 heterocycles. The van der Waals surface area contributed by atoms with Gasteiger partial charge in [-0.1, -0.05) is 12.8 Å². The zero-order valence-electron chi connectivity index (χ0n) is 11.8. The van der Waals surface area contributed by atoms with Gasteiger partial charge in [0.25, 0.3) is 5.91 Å². The smallest absolute Gasteiger partial charge is 0.349 e. The molecule has 0 aromatic heterocycles. The summed E-state index contributed by atoms with van der Waals surface area (Å²) in [7, 11) is 1.43. The summed E-state index contributed by atoms with van der Waals surface area (Å²) in [6.45, 7) is 0. The molecule has 2 atom stereocenters. The highest BCUT2D eigenvalue weighted by atomic mass is 19.3. The maximum absolute atomic E-state index is 14.1. The van der Waals surface area contributed by atoms with E-state index >= 15 is 0 Å². The van der Waals surface area contributed by atoms with Crippen molar-refractivity contribution in [1.29, 1.82) is 0 Å². The third-order valence-electron chi connectivity index (χ3n) is 3.78. The van der Waals surface area contributed by atoms with Gasteiger partial charge in [-0.3, -0.25) is 4.79 Å². The fraction of sp³-hybridized carbons (Fsp3) is 0.533. The van der Waals surface area contributed by atoms with Crippen LogP contribution in [0.2, 0.25) is 0 Å². The number of halogens is 2. The number of amides is 1. The van der Waals surface area contributed by atoms with Crippen LogP contribution in [0.3, 0.4) is 0 Å². The molecule has 1 amide bonds. The van der Waals surface area contributed by atoms with Crippen molar-refractivity contribution in [2.45, 2.75) is 43.8 Å². The van der Waals surface area contributed by atoms with E-state index in [9.17, 15) is 18.7 Å². The van der Waals surface area contributed by atoms with Gasteiger partial charge in [-0.2, -0.15) is 8.78 Å². The van der Waals surface area contributed by atoms with Crippen LogP contribution >= 0.6 is 0 Å². The Morgan fingerprint density at radius 3 is 2.48 bits per heavy atom. The van der Waals surface area contributed by atoms with Crippen molar-refractivity contribution in [2.75, 3.05) is 7.11 Å². The zero-order valence-corrected chi connectivity index (χ0v) is 11.8. The first kappa shape index (κ1) is 15.7. The molecule has 2 unspecified atom stereocenters. The highest BCUT2D eigenvalue weighted by Gasteiger charge is 2.42. The molecule has 1 aromatic carbocycles. The number of aliphatic hydroxyl groups is 1. The molecular formula is C15H19F2NO3. The quantitative estimate of drug-likeness (QED) is 0.896. The van der Waals surface area contributed by atoms with E-state index in [0.717, 1.165) is 25.0 Å². The van der Waals surface area contributed by atoms with Gasteiger partial charge >= 0.3 is 5.92 Å². The molecule has 1 aliphatic rings. The number of methoxy groups -OCH3 is 1. The predicted octanol–water partition coefficient (Wildman–Crippen LogP) is 2.21. The van der Waals surface area contributed by atoms with E-state index in [2.05, 4.69) is 5.32 Å². The number of hydrogen-bond donors (Lipinski definition) is 2. The Morgan fingerprint density at radius 1 is 1.29 bits per heavy atom. The largest absolute Gasteiger partial charge is 0.497 e. The van der Waals surface area contributed by atoms with Crippen LogP contribution in [0.5, 0.6) is 5.75 Å². The molecule has 1 saturated carbocycles. The lowest BCUT2D eigenvalue weighted by Crippen LogP contribution is -2.49. The molecule has 1 aromatic rings. The van der Waals surface area contributed by atoms with Gasteiger partial charge in [0.2, 0.25) is 0 Å². The molecule has 116 valence electrons. The Kier molecular flexibility index (Phi) is 4.77. The van der Waals surface area contributed by atoms with Gasteiger partial charge < -0.3 is 15.2 Å². The van der Waals surface area contributed by atoms with E-state index in [4.69, 9.17) is 4.74 Å². The average Bonchev–Trinajstić information content (AvgIpc) is 2.49. The van der Waals surface area contributed by atoms with Crippen LogP contribution in [0.4, 0.5) is 8.78 Å². The monoisotopic (exact) mass is 299 g/mol. The van der Waals surface area contributed by atoms with Gasteiger partial charge in [-0.15, -0.1) is 0 Å². The Labute approximate surface area is 122 Å². The predicted molar refractivity (Wildman–Crippen MR) is 73.3 cm³/mol. The lowest BCUT2D eigenvalue weighted by atomic mass is 9.92. The van der Waals surface area contributed by atoms with Crippen molar-refractivity contribution in [1.82, 2.24) is 5.32 Å². The van der Waals surface area contributed by atoms with Gasteiger partial charge in [0.1, 0.15) is 5.75 Å². The molecule has 1 fully saturated rings. The lowest BCUT2D eigenvalue weighted by Gasteiger charge is -2.29. The molecular weight excluding hydrogens is 280 g/mol. The number of benzene rings is 1. The van der Waals surface area contributed by atoms with Crippen LogP contribution in [-0.4, -0.2) is 30.3 Å². The van der Waals surface area contributed by atoms with Crippen molar-refractivity contribution in [3.63, 3.8) is 0 Å². The number of rotatable bonds is 4. The molecule has 2 rings (SSSR count). The normalized spacial score (nSPS) is 22.7. The summed E-state index contributed by atoms with van der Waals surface area (Å²) in [6, 6.07) is 4.49. The summed E-state index contributed by atoms with van der Waals surface area (Å²) in [6.07, 6.45) is 1.96. The molecule has 0 bridgehead atoms. The Hall–Kier alpha value is -1.69. The first-order valence-corrected chi connectivity index (χ1v) is 6.96. The maximum atomic E-state index is 14.1. The molecule has 1 aliphatic carbocycles. The summed E-state index contributed by atoms with van der Waals surface area (Å²) >= 11 is 0. The second kappa shape index (κ2) is 6.39. The van der Waals surface area contributed by atoms with Gasteiger partial charge in [-0.25, -0.2) is 0 Å². The van der Waals surface area contributed by atoms with Gasteiger partial charge in [0.05, 0.1) is 19.3 Å². The Bertz CT molecular complexity index is 490. The second-order valence-corrected chi connectivity index (χ2v) is 5.23. The first-order valence-electron chi connectivity index (χ1n) is 6.96. The zero-order chi connectivity index (χ0) is 15.5. The van der Waals surface area contributed by atoms with E-state index in [1.807, 2.05) is 0 Å². The highest BCUT2D eigenvalue weighted by molar-refractivity contribution is 5.85. The lowest BCUT2D eigenvalue weighted by molar-refractivity contribution is -0.149. The van der Waals surface area contributed by atoms with E-state index in [-0.39, 0.29) is 0 Å². The van der Waals surface area contributed by atoms with Crippen LogP contribution in [0.1, 0.15) is 31.2 Å². The molecule has 0 spiro atoms.